The molecule has 3 amide bonds. The number of rotatable bonds is 10. The summed E-state index contributed by atoms with van der Waals surface area (Å²) in [7, 11) is 1.71. The van der Waals surface area contributed by atoms with E-state index in [1.807, 2.05) is 6.92 Å². The van der Waals surface area contributed by atoms with Crippen LogP contribution >= 0.6 is 0 Å². The van der Waals surface area contributed by atoms with Crippen molar-refractivity contribution in [1.82, 2.24) is 16.0 Å². The van der Waals surface area contributed by atoms with E-state index in [-0.39, 0.29) is 10.1 Å². The maximum absolute atomic E-state index is 12.3. The Kier molecular flexibility index (Phi) is 7.85. The van der Waals surface area contributed by atoms with Crippen molar-refractivity contribution in [2.75, 3.05) is 13.6 Å². The number of nitrogens with one attached hydrogen (secondary N) is 3. The molecule has 0 aliphatic heterocycles. The third kappa shape index (κ3) is 4.92. The minimum atomic E-state index is -1.68. The van der Waals surface area contributed by atoms with E-state index in [0.717, 1.165) is 12.2 Å². The van der Waals surface area contributed by atoms with Crippen LogP contribution in [0.5, 0.6) is 0 Å². The Balaban J connectivity index is 6.30. The summed E-state index contributed by atoms with van der Waals surface area (Å²) in [5, 5.41) is 7.84. The van der Waals surface area contributed by atoms with Gasteiger partial charge in [0.25, 0.3) is 17.7 Å². The molecule has 0 bridgehead atoms. The monoisotopic (exact) mass is 335 g/mol. The number of amides is 3. The van der Waals surface area contributed by atoms with Crippen LogP contribution in [0.1, 0.15) is 20.3 Å². The fourth-order valence-electron chi connectivity index (χ4n) is 2.07. The van der Waals surface area contributed by atoms with E-state index in [1.54, 1.807) is 7.05 Å². The van der Waals surface area contributed by atoms with Crippen molar-refractivity contribution in [3.8, 4) is 0 Å². The summed E-state index contributed by atoms with van der Waals surface area (Å²) >= 11 is 0. The summed E-state index contributed by atoms with van der Waals surface area (Å²) in [4.78, 5) is 36.2. The molecule has 0 fully saturated rings. The van der Waals surface area contributed by atoms with Crippen LogP contribution in [0.3, 0.4) is 0 Å². The van der Waals surface area contributed by atoms with Crippen molar-refractivity contribution in [1.29, 1.82) is 0 Å². The summed E-state index contributed by atoms with van der Waals surface area (Å²) < 4.78 is -0.0956. The van der Waals surface area contributed by atoms with E-state index in [4.69, 9.17) is 0 Å². The zero-order valence-electron chi connectivity index (χ0n) is 14.6. The van der Waals surface area contributed by atoms with Crippen molar-refractivity contribution < 1.29 is 18.9 Å². The van der Waals surface area contributed by atoms with E-state index >= 15 is 0 Å². The Morgan fingerprint density at radius 3 is 1.79 bits per heavy atom. The summed E-state index contributed by atoms with van der Waals surface area (Å²) in [6.45, 7) is 18.1. The topological polar surface area (TPSA) is 87.3 Å². The number of hydrogen-bond donors (Lipinski definition) is 3. The molecule has 132 valence electrons. The average molecular weight is 335 g/mol. The minimum Gasteiger partial charge on any atom is -0.270 e. The Labute approximate surface area is 143 Å². The van der Waals surface area contributed by atoms with Gasteiger partial charge in [0.15, 0.2) is 0 Å². The van der Waals surface area contributed by atoms with Crippen molar-refractivity contribution in [3.63, 3.8) is 0 Å². The second kappa shape index (κ2) is 8.83. The first-order valence-electron chi connectivity index (χ1n) is 7.47. The van der Waals surface area contributed by atoms with Gasteiger partial charge < -0.3 is 0 Å². The highest BCUT2D eigenvalue weighted by atomic mass is 16.2. The fraction of sp³-hybridized carbons (Fsp3) is 0.353. The van der Waals surface area contributed by atoms with Gasteiger partial charge in [-0.3, -0.25) is 30.3 Å². The predicted molar refractivity (Wildman–Crippen MR) is 93.9 cm³/mol. The maximum Gasteiger partial charge on any atom is 0.348 e. The first-order chi connectivity index (χ1) is 11.1. The average Bonchev–Trinajstić information content (AvgIpc) is 2.53. The molecule has 24 heavy (non-hydrogen) atoms. The number of hydrogen-bond acceptors (Lipinski definition) is 3. The Morgan fingerprint density at radius 2 is 1.50 bits per heavy atom. The van der Waals surface area contributed by atoms with Crippen LogP contribution in [0.2, 0.25) is 0 Å². The highest BCUT2D eigenvalue weighted by molar-refractivity contribution is 5.95. The molecule has 1 atom stereocenters. The van der Waals surface area contributed by atoms with E-state index in [9.17, 15) is 14.4 Å². The smallest absolute Gasteiger partial charge is 0.270 e. The lowest BCUT2D eigenvalue weighted by Crippen LogP contribution is -2.83. The number of quaternary nitrogens is 1. The number of carbonyl (C=O) groups is 3. The van der Waals surface area contributed by atoms with Crippen molar-refractivity contribution in [2.45, 2.75) is 26.2 Å². The van der Waals surface area contributed by atoms with Gasteiger partial charge in [0.2, 0.25) is 0 Å². The largest absolute Gasteiger partial charge is 0.348 e. The van der Waals surface area contributed by atoms with Crippen molar-refractivity contribution in [3.05, 3.63) is 50.2 Å². The van der Waals surface area contributed by atoms with Gasteiger partial charge in [0.05, 0.1) is 19.8 Å². The number of carbonyl (C=O) groups excluding carboxylic acids is 3. The molecule has 0 saturated carbocycles. The van der Waals surface area contributed by atoms with Crippen LogP contribution in [0.25, 0.3) is 0 Å². The molecular weight excluding hydrogens is 308 g/mol. The van der Waals surface area contributed by atoms with Gasteiger partial charge >= 0.3 is 5.91 Å². The second-order valence-electron chi connectivity index (χ2n) is 5.51. The summed E-state index contributed by atoms with van der Waals surface area (Å²) in [6, 6.07) is 0. The van der Waals surface area contributed by atoms with Crippen LogP contribution < -0.4 is 16.0 Å². The quantitative estimate of drug-likeness (QED) is 0.315. The summed E-state index contributed by atoms with van der Waals surface area (Å²) in [6.07, 6.45) is 4.30. The van der Waals surface area contributed by atoms with E-state index in [0.29, 0.717) is 13.0 Å². The Bertz CT molecular complexity index is 546. The lowest BCUT2D eigenvalue weighted by molar-refractivity contribution is -0.922. The molecule has 7 nitrogen and oxygen atoms in total. The molecule has 3 N–H and O–H groups in total. The Hall–Kier alpha value is -2.67. The molecule has 0 spiro atoms. The molecule has 0 rings (SSSR count). The van der Waals surface area contributed by atoms with Crippen molar-refractivity contribution in [2.24, 2.45) is 0 Å². The molecule has 1 unspecified atom stereocenters. The standard InChI is InChI=1S/C17H26N4O3/c1-8-12-21(7,11-4)17(18-14(22)9-2,19-15(23)10-3)20-16(24)13(5)6/h9-11H,2-5,8,12H2,1,6-7H3,(H2-,18,19,20,22,23,24)/p+1. The third-order valence-electron chi connectivity index (χ3n) is 3.52. The highest BCUT2D eigenvalue weighted by Gasteiger charge is 2.50. The molecule has 0 aliphatic rings. The van der Waals surface area contributed by atoms with E-state index in [1.165, 1.54) is 13.1 Å². The first-order valence-corrected chi connectivity index (χ1v) is 7.47. The van der Waals surface area contributed by atoms with Gasteiger partial charge in [-0.25, -0.2) is 4.48 Å². The van der Waals surface area contributed by atoms with Gasteiger partial charge in [-0.2, -0.15) is 0 Å². The Morgan fingerprint density at radius 1 is 1.04 bits per heavy atom. The predicted octanol–water partition coefficient (Wildman–Crippen LogP) is 0.894. The normalized spacial score (nSPS) is 13.0. The molecule has 0 heterocycles. The molecule has 0 saturated heterocycles. The summed E-state index contributed by atoms with van der Waals surface area (Å²) in [5.74, 6) is -3.37. The first kappa shape index (κ1) is 21.3. The minimum absolute atomic E-state index is 0.0956. The van der Waals surface area contributed by atoms with Crippen LogP contribution in [0.15, 0.2) is 50.2 Å². The van der Waals surface area contributed by atoms with Gasteiger partial charge in [-0.15, -0.1) is 0 Å². The molecule has 0 aromatic carbocycles. The molecule has 7 heteroatoms. The van der Waals surface area contributed by atoms with Gasteiger partial charge in [0.1, 0.15) is 0 Å². The molecule has 0 aromatic heterocycles. The van der Waals surface area contributed by atoms with Crippen LogP contribution in [-0.4, -0.2) is 41.7 Å². The lowest BCUT2D eigenvalue weighted by atomic mass is 10.2. The number of nitrogens with zero attached hydrogens (tertiary/aromatic N) is 1. The third-order valence-corrected chi connectivity index (χ3v) is 3.52. The zero-order chi connectivity index (χ0) is 19.0. The van der Waals surface area contributed by atoms with Crippen molar-refractivity contribution >= 4 is 17.7 Å². The molecule has 0 aliphatic carbocycles. The fourth-order valence-corrected chi connectivity index (χ4v) is 2.07. The van der Waals surface area contributed by atoms with Gasteiger partial charge in [-0.1, -0.05) is 26.7 Å². The van der Waals surface area contributed by atoms with E-state index in [2.05, 4.69) is 42.3 Å². The lowest BCUT2D eigenvalue weighted by Gasteiger charge is -2.47. The second-order valence-corrected chi connectivity index (χ2v) is 5.51. The van der Waals surface area contributed by atoms with Gasteiger partial charge in [0, 0.05) is 5.57 Å². The molecule has 0 aromatic rings. The summed E-state index contributed by atoms with van der Waals surface area (Å²) in [5.41, 5.74) is 0.215. The van der Waals surface area contributed by atoms with Gasteiger partial charge in [-0.05, 0) is 32.1 Å². The molecular formula is C17H27N4O3+. The zero-order valence-corrected chi connectivity index (χ0v) is 14.6. The van der Waals surface area contributed by atoms with E-state index < -0.39 is 23.6 Å². The van der Waals surface area contributed by atoms with Crippen LogP contribution in [-0.2, 0) is 14.4 Å². The molecule has 0 radical (unpaired) electrons. The SMILES string of the molecule is C=CC(=O)NC(NC(=O)C=C)(NC(=O)C(=C)C)[N+](C)(C=C)CCC. The van der Waals surface area contributed by atoms with Crippen LogP contribution in [0.4, 0.5) is 0 Å². The van der Waals surface area contributed by atoms with Crippen LogP contribution in [0, 0.1) is 0 Å². The highest BCUT2D eigenvalue weighted by Crippen LogP contribution is 2.19. The maximum atomic E-state index is 12.3.